The number of carboxylic acid groups (broad SMARTS) is 1. The van der Waals surface area contributed by atoms with Crippen LogP contribution in [0.15, 0.2) is 12.2 Å². The fourth-order valence-electron chi connectivity index (χ4n) is 1.30. The third-order valence-corrected chi connectivity index (χ3v) is 3.31. The van der Waals surface area contributed by atoms with Gasteiger partial charge in [0.15, 0.2) is 5.25 Å². The SMILES string of the molecule is O=C(O)C(CCN1C(=O)C=CC1=O)S(=O)(=O)O. The van der Waals surface area contributed by atoms with Gasteiger partial charge in [0, 0.05) is 18.7 Å². The maximum absolute atomic E-state index is 11.1. The molecule has 1 heterocycles. The molecule has 0 spiro atoms. The summed E-state index contributed by atoms with van der Waals surface area (Å²) in [7, 11) is -4.76. The zero-order valence-corrected chi connectivity index (χ0v) is 9.25. The van der Waals surface area contributed by atoms with E-state index in [4.69, 9.17) is 9.66 Å². The monoisotopic (exact) mass is 263 g/mol. The fourth-order valence-corrected chi connectivity index (χ4v) is 1.96. The van der Waals surface area contributed by atoms with Crippen LogP contribution in [0.25, 0.3) is 0 Å². The maximum atomic E-state index is 11.1. The highest BCUT2D eigenvalue weighted by Crippen LogP contribution is 2.10. The van der Waals surface area contributed by atoms with Gasteiger partial charge in [-0.3, -0.25) is 23.8 Å². The third-order valence-electron chi connectivity index (χ3n) is 2.15. The van der Waals surface area contributed by atoms with Crippen LogP contribution in [0.1, 0.15) is 6.42 Å². The average molecular weight is 263 g/mol. The number of rotatable bonds is 5. The van der Waals surface area contributed by atoms with Gasteiger partial charge in [-0.15, -0.1) is 0 Å². The van der Waals surface area contributed by atoms with Crippen LogP contribution >= 0.6 is 0 Å². The minimum Gasteiger partial charge on any atom is -0.480 e. The van der Waals surface area contributed by atoms with Crippen molar-refractivity contribution in [3.8, 4) is 0 Å². The summed E-state index contributed by atoms with van der Waals surface area (Å²) in [6.07, 6.45) is 1.42. The van der Waals surface area contributed by atoms with E-state index in [9.17, 15) is 22.8 Å². The summed E-state index contributed by atoms with van der Waals surface area (Å²) in [5, 5.41) is 6.52. The molecule has 94 valence electrons. The van der Waals surface area contributed by atoms with E-state index in [2.05, 4.69) is 0 Å². The predicted octanol–water partition coefficient (Wildman–Crippen LogP) is -1.36. The number of hydrogen-bond acceptors (Lipinski definition) is 5. The second-order valence-electron chi connectivity index (χ2n) is 3.29. The van der Waals surface area contributed by atoms with Crippen molar-refractivity contribution in [1.82, 2.24) is 4.90 Å². The van der Waals surface area contributed by atoms with Crippen molar-refractivity contribution >= 4 is 27.9 Å². The van der Waals surface area contributed by atoms with E-state index >= 15 is 0 Å². The zero-order chi connectivity index (χ0) is 13.2. The minimum absolute atomic E-state index is 0.387. The van der Waals surface area contributed by atoms with Crippen molar-refractivity contribution < 1.29 is 32.5 Å². The Balaban J connectivity index is 2.69. The van der Waals surface area contributed by atoms with E-state index in [1.54, 1.807) is 0 Å². The Labute approximate surface area is 96.3 Å². The molecule has 0 fully saturated rings. The van der Waals surface area contributed by atoms with Gasteiger partial charge in [0.05, 0.1) is 0 Å². The lowest BCUT2D eigenvalue weighted by atomic mass is 10.3. The normalized spacial score (nSPS) is 17.6. The first kappa shape index (κ1) is 13.3. The zero-order valence-electron chi connectivity index (χ0n) is 8.44. The summed E-state index contributed by atoms with van der Waals surface area (Å²) < 4.78 is 30.1. The quantitative estimate of drug-likeness (QED) is 0.463. The Morgan fingerprint density at radius 3 is 2.12 bits per heavy atom. The molecule has 8 nitrogen and oxygen atoms in total. The largest absolute Gasteiger partial charge is 0.480 e. The second-order valence-corrected chi connectivity index (χ2v) is 4.89. The number of carboxylic acids is 1. The van der Waals surface area contributed by atoms with Crippen LogP contribution in [0.3, 0.4) is 0 Å². The Morgan fingerprint density at radius 1 is 1.29 bits per heavy atom. The van der Waals surface area contributed by atoms with Gasteiger partial charge in [0.25, 0.3) is 21.9 Å². The molecule has 2 amide bonds. The van der Waals surface area contributed by atoms with Crippen LogP contribution in [0.2, 0.25) is 0 Å². The van der Waals surface area contributed by atoms with Crippen LogP contribution in [-0.4, -0.2) is 52.6 Å². The summed E-state index contributed by atoms with van der Waals surface area (Å²) >= 11 is 0. The van der Waals surface area contributed by atoms with Crippen LogP contribution in [0.4, 0.5) is 0 Å². The second kappa shape index (κ2) is 4.63. The van der Waals surface area contributed by atoms with E-state index in [1.807, 2.05) is 0 Å². The molecule has 17 heavy (non-hydrogen) atoms. The summed E-state index contributed by atoms with van der Waals surface area (Å²) in [5.74, 6) is -3.02. The smallest absolute Gasteiger partial charge is 0.324 e. The summed E-state index contributed by atoms with van der Waals surface area (Å²) in [5.41, 5.74) is 0. The molecule has 0 aliphatic carbocycles. The first-order valence-electron chi connectivity index (χ1n) is 4.46. The van der Waals surface area contributed by atoms with Crippen LogP contribution in [0.5, 0.6) is 0 Å². The first-order chi connectivity index (χ1) is 7.73. The fraction of sp³-hybridized carbons (Fsp3) is 0.375. The number of aliphatic carboxylic acids is 1. The molecule has 1 atom stereocenters. The number of carbonyl (C=O) groups is 3. The molecule has 0 aromatic carbocycles. The highest BCUT2D eigenvalue weighted by molar-refractivity contribution is 7.87. The summed E-state index contributed by atoms with van der Waals surface area (Å²) in [6, 6.07) is 0. The molecule has 1 aliphatic heterocycles. The van der Waals surface area contributed by atoms with Gasteiger partial charge >= 0.3 is 5.97 Å². The number of carbonyl (C=O) groups excluding carboxylic acids is 2. The Bertz CT molecular complexity index is 474. The van der Waals surface area contributed by atoms with Crippen LogP contribution in [-0.2, 0) is 24.5 Å². The van der Waals surface area contributed by atoms with Gasteiger partial charge in [-0.1, -0.05) is 0 Å². The molecule has 1 aliphatic rings. The van der Waals surface area contributed by atoms with Crippen molar-refractivity contribution in [2.45, 2.75) is 11.7 Å². The molecular formula is C8H9NO7S. The summed E-state index contributed by atoms with van der Waals surface area (Å²) in [6.45, 7) is -0.387. The topological polar surface area (TPSA) is 129 Å². The molecule has 0 saturated carbocycles. The number of imide groups is 1. The van der Waals surface area contributed by atoms with Crippen molar-refractivity contribution in [1.29, 1.82) is 0 Å². The van der Waals surface area contributed by atoms with E-state index in [1.165, 1.54) is 0 Å². The highest BCUT2D eigenvalue weighted by Gasteiger charge is 2.33. The molecule has 0 radical (unpaired) electrons. The van der Waals surface area contributed by atoms with Gasteiger partial charge in [0.2, 0.25) is 0 Å². The highest BCUT2D eigenvalue weighted by atomic mass is 32.2. The maximum Gasteiger partial charge on any atom is 0.324 e. The van der Waals surface area contributed by atoms with E-state index in [0.717, 1.165) is 12.2 Å². The molecule has 0 aromatic rings. The van der Waals surface area contributed by atoms with Crippen molar-refractivity contribution in [3.63, 3.8) is 0 Å². The first-order valence-corrected chi connectivity index (χ1v) is 5.96. The minimum atomic E-state index is -4.76. The number of nitrogens with zero attached hydrogens (tertiary/aromatic N) is 1. The molecule has 2 N–H and O–H groups in total. The molecule has 9 heteroatoms. The van der Waals surface area contributed by atoms with Gasteiger partial charge in [-0.25, -0.2) is 0 Å². The molecular weight excluding hydrogens is 254 g/mol. The lowest BCUT2D eigenvalue weighted by Gasteiger charge is -2.15. The van der Waals surface area contributed by atoms with E-state index in [-0.39, 0.29) is 6.54 Å². The van der Waals surface area contributed by atoms with Gasteiger partial charge in [-0.05, 0) is 6.42 Å². The van der Waals surface area contributed by atoms with Gasteiger partial charge in [0.1, 0.15) is 0 Å². The van der Waals surface area contributed by atoms with Crippen molar-refractivity contribution in [3.05, 3.63) is 12.2 Å². The molecule has 0 saturated heterocycles. The molecule has 0 aromatic heterocycles. The average Bonchev–Trinajstić information content (AvgIpc) is 2.46. The molecule has 1 unspecified atom stereocenters. The standard InChI is InChI=1S/C8H9NO7S/c10-6-1-2-7(11)9(6)4-3-5(8(12)13)17(14,15)16/h1-2,5H,3-4H2,(H,12,13)(H,14,15,16). The lowest BCUT2D eigenvalue weighted by Crippen LogP contribution is -2.37. The van der Waals surface area contributed by atoms with Crippen LogP contribution in [0, 0.1) is 0 Å². The van der Waals surface area contributed by atoms with E-state index in [0.29, 0.717) is 4.90 Å². The molecule has 1 rings (SSSR count). The van der Waals surface area contributed by atoms with Crippen LogP contribution < -0.4 is 0 Å². The van der Waals surface area contributed by atoms with E-state index < -0.39 is 39.6 Å². The van der Waals surface area contributed by atoms with Crippen molar-refractivity contribution in [2.24, 2.45) is 0 Å². The van der Waals surface area contributed by atoms with Crippen molar-refractivity contribution in [2.75, 3.05) is 6.54 Å². The molecule has 0 bridgehead atoms. The summed E-state index contributed by atoms with van der Waals surface area (Å²) in [4.78, 5) is 33.4. The lowest BCUT2D eigenvalue weighted by molar-refractivity contribution is -0.140. The Hall–Kier alpha value is -1.74. The predicted molar refractivity (Wildman–Crippen MR) is 53.4 cm³/mol. The third kappa shape index (κ3) is 3.11. The number of amides is 2. The number of hydrogen-bond donors (Lipinski definition) is 2. The Morgan fingerprint density at radius 2 is 1.76 bits per heavy atom. The Kier molecular flexibility index (Phi) is 3.63. The van der Waals surface area contributed by atoms with Gasteiger partial charge in [-0.2, -0.15) is 8.42 Å². The van der Waals surface area contributed by atoms with Gasteiger partial charge < -0.3 is 5.11 Å².